The molecule has 152 valence electrons. The summed E-state index contributed by atoms with van der Waals surface area (Å²) in [5.74, 6) is 0.357. The first-order valence-electron chi connectivity index (χ1n) is 9.51. The van der Waals surface area contributed by atoms with Gasteiger partial charge >= 0.3 is 5.97 Å². The van der Waals surface area contributed by atoms with Crippen molar-refractivity contribution in [1.29, 1.82) is 0 Å². The molecule has 2 aromatic carbocycles. The molecule has 0 aliphatic carbocycles. The average molecular weight is 428 g/mol. The van der Waals surface area contributed by atoms with E-state index in [-0.39, 0.29) is 6.42 Å². The summed E-state index contributed by atoms with van der Waals surface area (Å²) in [6.45, 7) is 0. The fourth-order valence-electron chi connectivity index (χ4n) is 3.40. The van der Waals surface area contributed by atoms with Gasteiger partial charge in [0.05, 0.1) is 11.8 Å². The van der Waals surface area contributed by atoms with Gasteiger partial charge in [0.25, 0.3) is 0 Å². The first kappa shape index (κ1) is 19.0. The Kier molecular flexibility index (Phi) is 4.89. The van der Waals surface area contributed by atoms with Crippen LogP contribution in [0.25, 0.3) is 33.6 Å². The van der Waals surface area contributed by atoms with Gasteiger partial charge in [0.15, 0.2) is 5.13 Å². The molecule has 31 heavy (non-hydrogen) atoms. The van der Waals surface area contributed by atoms with E-state index in [4.69, 9.17) is 9.52 Å². The number of thiazole rings is 1. The zero-order valence-corrected chi connectivity index (χ0v) is 17.0. The maximum absolute atomic E-state index is 11.0. The van der Waals surface area contributed by atoms with E-state index in [1.165, 1.54) is 17.7 Å². The molecule has 0 saturated carbocycles. The SMILES string of the molecule is O=C(O)Cc1cnc(Nc2ncnc3oc(-c4ccccc4)c(-c4ccccc4)c23)s1. The van der Waals surface area contributed by atoms with Crippen molar-refractivity contribution < 1.29 is 14.3 Å². The Morgan fingerprint density at radius 2 is 1.68 bits per heavy atom. The van der Waals surface area contributed by atoms with Crippen molar-refractivity contribution in [3.05, 3.63) is 78.1 Å². The van der Waals surface area contributed by atoms with Crippen LogP contribution in [0.4, 0.5) is 10.9 Å². The van der Waals surface area contributed by atoms with Crippen LogP contribution in [-0.2, 0) is 11.2 Å². The van der Waals surface area contributed by atoms with Crippen molar-refractivity contribution in [2.45, 2.75) is 6.42 Å². The maximum atomic E-state index is 11.0. The Balaban J connectivity index is 1.67. The van der Waals surface area contributed by atoms with Crippen LogP contribution < -0.4 is 5.32 Å². The molecule has 0 spiro atoms. The van der Waals surface area contributed by atoms with Gasteiger partial charge in [-0.3, -0.25) is 4.79 Å². The number of aliphatic carboxylic acids is 1. The van der Waals surface area contributed by atoms with Crippen molar-refractivity contribution in [3.8, 4) is 22.5 Å². The summed E-state index contributed by atoms with van der Waals surface area (Å²) >= 11 is 1.28. The van der Waals surface area contributed by atoms with Gasteiger partial charge in [-0.2, -0.15) is 0 Å². The molecule has 8 heteroatoms. The van der Waals surface area contributed by atoms with E-state index in [9.17, 15) is 4.79 Å². The second-order valence-electron chi connectivity index (χ2n) is 6.77. The van der Waals surface area contributed by atoms with Crippen molar-refractivity contribution in [2.24, 2.45) is 0 Å². The first-order valence-corrected chi connectivity index (χ1v) is 10.3. The topological polar surface area (TPSA) is 101 Å². The predicted octanol–water partition coefficient (Wildman–Crippen LogP) is 5.38. The molecule has 0 radical (unpaired) electrons. The zero-order chi connectivity index (χ0) is 21.2. The van der Waals surface area contributed by atoms with Gasteiger partial charge in [0, 0.05) is 22.2 Å². The lowest BCUT2D eigenvalue weighted by Crippen LogP contribution is -1.97. The minimum absolute atomic E-state index is 0.0718. The number of hydrogen-bond donors (Lipinski definition) is 2. The number of carboxylic acids is 1. The number of hydrogen-bond acceptors (Lipinski definition) is 7. The summed E-state index contributed by atoms with van der Waals surface area (Å²) in [5, 5.41) is 13.5. The minimum atomic E-state index is -0.895. The van der Waals surface area contributed by atoms with Crippen LogP contribution in [0.1, 0.15) is 4.88 Å². The number of carbonyl (C=O) groups is 1. The standard InChI is InChI=1S/C23H16N4O3S/c28-17(29)11-16-12-24-23(31-16)27-21-19-18(14-7-3-1-4-8-14)20(15-9-5-2-6-10-15)30-22(19)26-13-25-21/h1-10,12-13H,11H2,(H,28,29)(H,24,25,26,27). The summed E-state index contributed by atoms with van der Waals surface area (Å²) in [6, 6.07) is 19.8. The van der Waals surface area contributed by atoms with Gasteiger partial charge in [-0.15, -0.1) is 11.3 Å². The van der Waals surface area contributed by atoms with Gasteiger partial charge in [-0.1, -0.05) is 60.7 Å². The lowest BCUT2D eigenvalue weighted by molar-refractivity contribution is -0.136. The molecule has 2 N–H and O–H groups in total. The summed E-state index contributed by atoms with van der Waals surface area (Å²) in [7, 11) is 0. The van der Waals surface area contributed by atoms with E-state index in [2.05, 4.69) is 20.3 Å². The smallest absolute Gasteiger partial charge is 0.308 e. The molecule has 5 aromatic rings. The molecule has 0 unspecified atom stereocenters. The highest BCUT2D eigenvalue weighted by Crippen LogP contribution is 2.43. The second-order valence-corrected chi connectivity index (χ2v) is 7.88. The molecule has 0 saturated heterocycles. The van der Waals surface area contributed by atoms with Crippen LogP contribution in [0, 0.1) is 0 Å². The number of fused-ring (bicyclic) bond motifs is 1. The minimum Gasteiger partial charge on any atom is -0.481 e. The lowest BCUT2D eigenvalue weighted by Gasteiger charge is -2.06. The molecule has 0 fully saturated rings. The Bertz CT molecular complexity index is 1360. The molecule has 0 amide bonds. The Morgan fingerprint density at radius 3 is 2.39 bits per heavy atom. The number of rotatable bonds is 6. The van der Waals surface area contributed by atoms with Crippen molar-refractivity contribution in [2.75, 3.05) is 5.32 Å². The Morgan fingerprint density at radius 1 is 0.968 bits per heavy atom. The number of aromatic nitrogens is 3. The fourth-order valence-corrected chi connectivity index (χ4v) is 4.20. The van der Waals surface area contributed by atoms with E-state index < -0.39 is 5.97 Å². The third kappa shape index (κ3) is 3.76. The predicted molar refractivity (Wildman–Crippen MR) is 119 cm³/mol. The highest BCUT2D eigenvalue weighted by atomic mass is 32.1. The van der Waals surface area contributed by atoms with Crippen LogP contribution in [0.15, 0.2) is 77.6 Å². The highest BCUT2D eigenvalue weighted by Gasteiger charge is 2.22. The summed E-state index contributed by atoms with van der Waals surface area (Å²) < 4.78 is 6.19. The van der Waals surface area contributed by atoms with E-state index >= 15 is 0 Å². The zero-order valence-electron chi connectivity index (χ0n) is 16.1. The Hall–Kier alpha value is -4.04. The molecular weight excluding hydrogens is 412 g/mol. The van der Waals surface area contributed by atoms with Crippen LogP contribution in [0.2, 0.25) is 0 Å². The van der Waals surface area contributed by atoms with Crippen LogP contribution >= 0.6 is 11.3 Å². The third-order valence-electron chi connectivity index (χ3n) is 4.69. The van der Waals surface area contributed by atoms with Crippen molar-refractivity contribution in [3.63, 3.8) is 0 Å². The average Bonchev–Trinajstić information content (AvgIpc) is 3.39. The first-order chi connectivity index (χ1) is 15.2. The van der Waals surface area contributed by atoms with E-state index in [0.29, 0.717) is 27.3 Å². The van der Waals surface area contributed by atoms with E-state index in [0.717, 1.165) is 22.1 Å². The number of benzene rings is 2. The van der Waals surface area contributed by atoms with Crippen molar-refractivity contribution >= 4 is 39.4 Å². The quantitative estimate of drug-likeness (QED) is 0.374. The molecule has 7 nitrogen and oxygen atoms in total. The normalized spacial score (nSPS) is 11.0. The summed E-state index contributed by atoms with van der Waals surface area (Å²) in [6.07, 6.45) is 2.92. The lowest BCUT2D eigenvalue weighted by atomic mass is 9.99. The van der Waals surface area contributed by atoms with Gasteiger partial charge in [0.2, 0.25) is 5.71 Å². The molecule has 5 rings (SSSR count). The third-order valence-corrected chi connectivity index (χ3v) is 5.60. The van der Waals surface area contributed by atoms with Crippen LogP contribution in [0.3, 0.4) is 0 Å². The van der Waals surface area contributed by atoms with Gasteiger partial charge in [0.1, 0.15) is 17.9 Å². The van der Waals surface area contributed by atoms with Crippen molar-refractivity contribution in [1.82, 2.24) is 15.0 Å². The van der Waals surface area contributed by atoms with Gasteiger partial charge in [-0.05, 0) is 5.56 Å². The molecule has 3 aromatic heterocycles. The number of anilines is 2. The number of nitrogens with zero attached hydrogens (tertiary/aromatic N) is 3. The largest absolute Gasteiger partial charge is 0.481 e. The molecule has 0 bridgehead atoms. The number of carboxylic acid groups (broad SMARTS) is 1. The molecule has 0 atom stereocenters. The molecular formula is C23H16N4O3S. The number of nitrogens with one attached hydrogen (secondary N) is 1. The highest BCUT2D eigenvalue weighted by molar-refractivity contribution is 7.15. The Labute approximate surface area is 181 Å². The molecule has 0 aliphatic heterocycles. The second kappa shape index (κ2) is 8.00. The van der Waals surface area contributed by atoms with Crippen LogP contribution in [0.5, 0.6) is 0 Å². The number of furan rings is 1. The summed E-state index contributed by atoms with van der Waals surface area (Å²) in [5.41, 5.74) is 3.25. The van der Waals surface area contributed by atoms with Gasteiger partial charge in [-0.25, -0.2) is 15.0 Å². The van der Waals surface area contributed by atoms with Gasteiger partial charge < -0.3 is 14.8 Å². The van der Waals surface area contributed by atoms with E-state index in [1.54, 1.807) is 6.20 Å². The molecule has 0 aliphatic rings. The maximum Gasteiger partial charge on any atom is 0.308 e. The van der Waals surface area contributed by atoms with E-state index in [1.807, 2.05) is 60.7 Å². The molecule has 3 heterocycles. The fraction of sp³-hybridized carbons (Fsp3) is 0.0435. The summed E-state index contributed by atoms with van der Waals surface area (Å²) in [4.78, 5) is 24.7. The monoisotopic (exact) mass is 428 g/mol. The van der Waals surface area contributed by atoms with Crippen LogP contribution in [-0.4, -0.2) is 26.0 Å².